The van der Waals surface area contributed by atoms with E-state index in [9.17, 15) is 0 Å². The maximum Gasteiger partial charge on any atom is 0.0788 e. The van der Waals surface area contributed by atoms with Gasteiger partial charge in [-0.1, -0.05) is 6.07 Å². The predicted octanol–water partition coefficient (Wildman–Crippen LogP) is 2.38. The van der Waals surface area contributed by atoms with Crippen LogP contribution in [0.5, 0.6) is 0 Å². The van der Waals surface area contributed by atoms with E-state index in [0.717, 1.165) is 25.9 Å². The molecule has 2 aromatic carbocycles. The predicted molar refractivity (Wildman–Crippen MR) is 77.0 cm³/mol. The second-order valence-electron chi connectivity index (χ2n) is 4.02. The Morgan fingerprint density at radius 2 is 1.59 bits per heavy atom. The van der Waals surface area contributed by atoms with E-state index in [1.54, 1.807) is 11.3 Å². The maximum atomic E-state index is 6.04. The normalized spacial score (nSPS) is 11.3. The van der Waals surface area contributed by atoms with Crippen LogP contribution in [0.25, 0.3) is 20.2 Å². The molecule has 3 aromatic rings. The molecule has 0 saturated carbocycles. The molecule has 0 atom stereocenters. The fraction of sp³-hybridized carbons (Fsp3) is 0. The largest absolute Gasteiger partial charge is 0.399 e. The third kappa shape index (κ3) is 1.29. The molecule has 0 unspecified atom stereocenters. The molecule has 86 valence electrons. The highest BCUT2D eigenvalue weighted by Crippen LogP contribution is 2.42. The summed E-state index contributed by atoms with van der Waals surface area (Å²) in [5.74, 6) is 0. The molecule has 0 amide bonds. The molecule has 17 heavy (non-hydrogen) atoms. The smallest absolute Gasteiger partial charge is 0.0788 e. The molecule has 0 spiro atoms. The van der Waals surface area contributed by atoms with E-state index >= 15 is 0 Å². The number of anilines is 4. The Morgan fingerprint density at radius 3 is 2.35 bits per heavy atom. The summed E-state index contributed by atoms with van der Waals surface area (Å²) in [6, 6.07) is 7.63. The monoisotopic (exact) mass is 244 g/mol. The molecule has 5 heteroatoms. The first-order chi connectivity index (χ1) is 8.08. The van der Waals surface area contributed by atoms with Crippen LogP contribution in [0.2, 0.25) is 0 Å². The lowest BCUT2D eigenvalue weighted by atomic mass is 10.1. The third-order valence-corrected chi connectivity index (χ3v) is 4.00. The number of fused-ring (bicyclic) bond motifs is 3. The van der Waals surface area contributed by atoms with E-state index in [1.165, 1.54) is 0 Å². The van der Waals surface area contributed by atoms with Gasteiger partial charge in [-0.3, -0.25) is 0 Å². The van der Waals surface area contributed by atoms with E-state index < -0.39 is 0 Å². The number of hydrogen-bond acceptors (Lipinski definition) is 5. The lowest BCUT2D eigenvalue weighted by Crippen LogP contribution is -1.99. The minimum atomic E-state index is 0.453. The summed E-state index contributed by atoms with van der Waals surface area (Å²) < 4.78 is 2.13. The highest BCUT2D eigenvalue weighted by molar-refractivity contribution is 7.26. The number of nitrogen functional groups attached to an aromatic ring is 4. The number of rotatable bonds is 0. The molecule has 8 N–H and O–H groups in total. The van der Waals surface area contributed by atoms with Gasteiger partial charge < -0.3 is 22.9 Å². The summed E-state index contributed by atoms with van der Waals surface area (Å²) in [5, 5.41) is 2.04. The number of benzene rings is 2. The first-order valence-corrected chi connectivity index (χ1v) is 5.94. The first kappa shape index (κ1) is 10.0. The summed E-state index contributed by atoms with van der Waals surface area (Å²) in [7, 11) is 0. The van der Waals surface area contributed by atoms with Crippen LogP contribution in [0, 0.1) is 0 Å². The standard InChI is InChI=1S/C12H12N4S/c13-5-1-2-6-8(3-5)17-9-4-7(14)11(15)12(16)10(6)9/h1-4H,13-16H2. The van der Waals surface area contributed by atoms with Crippen LogP contribution in [0.15, 0.2) is 24.3 Å². The Hall–Kier alpha value is -2.14. The fourth-order valence-corrected chi connectivity index (χ4v) is 3.24. The molecule has 0 saturated heterocycles. The molecule has 0 radical (unpaired) electrons. The molecular formula is C12H12N4S. The first-order valence-electron chi connectivity index (χ1n) is 5.13. The van der Waals surface area contributed by atoms with E-state index in [0.29, 0.717) is 17.1 Å². The zero-order valence-corrected chi connectivity index (χ0v) is 9.84. The van der Waals surface area contributed by atoms with Gasteiger partial charge in [0.15, 0.2) is 0 Å². The molecule has 1 aromatic heterocycles. The summed E-state index contributed by atoms with van der Waals surface area (Å²) >= 11 is 1.62. The molecule has 1 heterocycles. The van der Waals surface area contributed by atoms with Gasteiger partial charge in [-0.05, 0) is 18.2 Å². The van der Waals surface area contributed by atoms with Gasteiger partial charge in [0.2, 0.25) is 0 Å². The number of nitrogens with two attached hydrogens (primary N) is 4. The van der Waals surface area contributed by atoms with Gasteiger partial charge >= 0.3 is 0 Å². The maximum absolute atomic E-state index is 6.04. The summed E-state index contributed by atoms with van der Waals surface area (Å²) in [6.45, 7) is 0. The molecule has 0 bridgehead atoms. The van der Waals surface area contributed by atoms with Crippen molar-refractivity contribution < 1.29 is 0 Å². The lowest BCUT2D eigenvalue weighted by Gasteiger charge is -2.05. The van der Waals surface area contributed by atoms with Gasteiger partial charge in [-0.15, -0.1) is 11.3 Å². The van der Waals surface area contributed by atoms with Crippen LogP contribution in [0.1, 0.15) is 0 Å². The lowest BCUT2D eigenvalue weighted by molar-refractivity contribution is 1.72. The minimum absolute atomic E-state index is 0.453. The Morgan fingerprint density at radius 1 is 0.824 bits per heavy atom. The van der Waals surface area contributed by atoms with Crippen LogP contribution in [-0.2, 0) is 0 Å². The Bertz CT molecular complexity index is 745. The zero-order valence-electron chi connectivity index (χ0n) is 9.03. The SMILES string of the molecule is Nc1ccc2c(c1)sc1cc(N)c(N)c(N)c12. The molecule has 3 rings (SSSR count). The molecule has 0 fully saturated rings. The van der Waals surface area contributed by atoms with Gasteiger partial charge in [-0.25, -0.2) is 0 Å². The quantitative estimate of drug-likeness (QED) is 0.456. The number of thiophene rings is 1. The van der Waals surface area contributed by atoms with Crippen molar-refractivity contribution in [1.82, 2.24) is 0 Å². The number of hydrogen-bond donors (Lipinski definition) is 4. The van der Waals surface area contributed by atoms with E-state index in [2.05, 4.69) is 0 Å². The second kappa shape index (κ2) is 3.18. The Kier molecular flexibility index (Phi) is 1.88. The van der Waals surface area contributed by atoms with E-state index in [4.69, 9.17) is 22.9 Å². The van der Waals surface area contributed by atoms with Gasteiger partial charge in [0, 0.05) is 25.9 Å². The van der Waals surface area contributed by atoms with Gasteiger partial charge in [-0.2, -0.15) is 0 Å². The molecule has 4 nitrogen and oxygen atoms in total. The Labute approximate surface area is 102 Å². The van der Waals surface area contributed by atoms with Crippen molar-refractivity contribution in [3.8, 4) is 0 Å². The van der Waals surface area contributed by atoms with Crippen LogP contribution in [-0.4, -0.2) is 0 Å². The average molecular weight is 244 g/mol. The third-order valence-electron chi connectivity index (χ3n) is 2.90. The van der Waals surface area contributed by atoms with Crippen molar-refractivity contribution in [3.05, 3.63) is 24.3 Å². The van der Waals surface area contributed by atoms with Gasteiger partial charge in [0.25, 0.3) is 0 Å². The van der Waals surface area contributed by atoms with Crippen molar-refractivity contribution >= 4 is 54.3 Å². The van der Waals surface area contributed by atoms with Crippen LogP contribution in [0.4, 0.5) is 22.7 Å². The molecule has 0 aliphatic carbocycles. The van der Waals surface area contributed by atoms with E-state index in [-0.39, 0.29) is 0 Å². The highest BCUT2D eigenvalue weighted by Gasteiger charge is 2.12. The Balaban J connectivity index is 2.57. The highest BCUT2D eigenvalue weighted by atomic mass is 32.1. The fourth-order valence-electron chi connectivity index (χ4n) is 2.02. The van der Waals surface area contributed by atoms with Crippen LogP contribution < -0.4 is 22.9 Å². The van der Waals surface area contributed by atoms with Crippen molar-refractivity contribution in [3.63, 3.8) is 0 Å². The topological polar surface area (TPSA) is 104 Å². The average Bonchev–Trinajstić information content (AvgIpc) is 2.63. The summed E-state index contributed by atoms with van der Waals surface area (Å²) in [4.78, 5) is 0. The summed E-state index contributed by atoms with van der Waals surface area (Å²) in [6.07, 6.45) is 0. The molecular weight excluding hydrogens is 232 g/mol. The van der Waals surface area contributed by atoms with Crippen molar-refractivity contribution in [2.75, 3.05) is 22.9 Å². The summed E-state index contributed by atoms with van der Waals surface area (Å²) in [5.41, 5.74) is 25.7. The molecule has 0 aliphatic heterocycles. The van der Waals surface area contributed by atoms with Crippen LogP contribution >= 0.6 is 11.3 Å². The van der Waals surface area contributed by atoms with Gasteiger partial charge in [0.1, 0.15) is 0 Å². The second-order valence-corrected chi connectivity index (χ2v) is 5.11. The zero-order chi connectivity index (χ0) is 12.2. The van der Waals surface area contributed by atoms with Crippen molar-refractivity contribution in [1.29, 1.82) is 0 Å². The van der Waals surface area contributed by atoms with E-state index in [1.807, 2.05) is 24.3 Å². The van der Waals surface area contributed by atoms with Crippen molar-refractivity contribution in [2.45, 2.75) is 0 Å². The molecule has 0 aliphatic rings. The minimum Gasteiger partial charge on any atom is -0.399 e. The van der Waals surface area contributed by atoms with Gasteiger partial charge in [0.05, 0.1) is 17.1 Å². The van der Waals surface area contributed by atoms with Crippen molar-refractivity contribution in [2.24, 2.45) is 0 Å². The van der Waals surface area contributed by atoms with Crippen LogP contribution in [0.3, 0.4) is 0 Å².